The number of carbonyl (C=O) groups excluding carboxylic acids is 1. The van der Waals surface area contributed by atoms with E-state index < -0.39 is 0 Å². The molecule has 0 amide bonds. The molecule has 1 heterocycles. The van der Waals surface area contributed by atoms with Gasteiger partial charge in [-0.25, -0.2) is 9.97 Å². The quantitative estimate of drug-likeness (QED) is 0.622. The Kier molecular flexibility index (Phi) is 4.44. The lowest BCUT2D eigenvalue weighted by atomic mass is 10.1. The maximum atomic E-state index is 11.3. The number of hydrogen-bond donors (Lipinski definition) is 2. The number of benzene rings is 1. The summed E-state index contributed by atoms with van der Waals surface area (Å²) in [5.41, 5.74) is 1.47. The molecule has 0 aliphatic carbocycles. The van der Waals surface area contributed by atoms with Crippen LogP contribution in [0.25, 0.3) is 0 Å². The van der Waals surface area contributed by atoms with Crippen LogP contribution in [0.15, 0.2) is 49.3 Å². The Balaban J connectivity index is 2.15. The van der Waals surface area contributed by atoms with Gasteiger partial charge in [0.1, 0.15) is 18.0 Å². The summed E-state index contributed by atoms with van der Waals surface area (Å²) in [4.78, 5) is 19.6. The average Bonchev–Trinajstić information content (AvgIpc) is 2.46. The third-order valence-electron chi connectivity index (χ3n) is 2.64. The van der Waals surface area contributed by atoms with Gasteiger partial charge in [0.2, 0.25) is 0 Å². The largest absolute Gasteiger partial charge is 0.366 e. The monoisotopic (exact) mass is 268 g/mol. The van der Waals surface area contributed by atoms with Gasteiger partial charge in [-0.1, -0.05) is 18.2 Å². The zero-order valence-corrected chi connectivity index (χ0v) is 11.3. The molecule has 2 N–H and O–H groups in total. The number of anilines is 3. The van der Waals surface area contributed by atoms with E-state index >= 15 is 0 Å². The molecule has 0 atom stereocenters. The number of aromatic nitrogens is 2. The van der Waals surface area contributed by atoms with Crippen molar-refractivity contribution in [1.29, 1.82) is 0 Å². The minimum atomic E-state index is 0.0321. The SMILES string of the molecule is C=CCNc1cc(Nc2cccc(C(C)=O)c2)ncn1. The van der Waals surface area contributed by atoms with Crippen molar-refractivity contribution in [2.45, 2.75) is 6.92 Å². The average molecular weight is 268 g/mol. The molecule has 0 unspecified atom stereocenters. The smallest absolute Gasteiger partial charge is 0.159 e. The van der Waals surface area contributed by atoms with Gasteiger partial charge in [-0.05, 0) is 19.1 Å². The topological polar surface area (TPSA) is 66.9 Å². The fourth-order valence-corrected chi connectivity index (χ4v) is 1.66. The highest BCUT2D eigenvalue weighted by atomic mass is 16.1. The zero-order chi connectivity index (χ0) is 14.4. The van der Waals surface area contributed by atoms with Gasteiger partial charge in [0.15, 0.2) is 5.78 Å². The van der Waals surface area contributed by atoms with Gasteiger partial charge < -0.3 is 10.6 Å². The van der Waals surface area contributed by atoms with E-state index in [4.69, 9.17) is 0 Å². The molecule has 0 fully saturated rings. The maximum Gasteiger partial charge on any atom is 0.159 e. The molecule has 2 rings (SSSR count). The maximum absolute atomic E-state index is 11.3. The Morgan fingerprint density at radius 3 is 2.85 bits per heavy atom. The van der Waals surface area contributed by atoms with E-state index in [0.29, 0.717) is 23.7 Å². The molecule has 0 saturated carbocycles. The summed E-state index contributed by atoms with van der Waals surface area (Å²) in [5, 5.41) is 6.23. The van der Waals surface area contributed by atoms with Crippen molar-refractivity contribution in [2.24, 2.45) is 0 Å². The van der Waals surface area contributed by atoms with Gasteiger partial charge in [0.25, 0.3) is 0 Å². The van der Waals surface area contributed by atoms with Crippen LogP contribution in [-0.2, 0) is 0 Å². The Morgan fingerprint density at radius 1 is 1.30 bits per heavy atom. The summed E-state index contributed by atoms with van der Waals surface area (Å²) in [6.07, 6.45) is 3.23. The lowest BCUT2D eigenvalue weighted by Crippen LogP contribution is -2.02. The minimum Gasteiger partial charge on any atom is -0.366 e. The van der Waals surface area contributed by atoms with Crippen LogP contribution in [0.1, 0.15) is 17.3 Å². The summed E-state index contributed by atoms with van der Waals surface area (Å²) in [6.45, 7) is 5.82. The number of Topliss-reactive ketones (excluding diaryl/α,β-unsaturated/α-hetero) is 1. The molecule has 0 saturated heterocycles. The molecule has 1 aromatic heterocycles. The predicted molar refractivity (Wildman–Crippen MR) is 80.4 cm³/mol. The highest BCUT2D eigenvalue weighted by Gasteiger charge is 2.02. The molecule has 0 spiro atoms. The van der Waals surface area contributed by atoms with Crippen molar-refractivity contribution in [3.8, 4) is 0 Å². The summed E-state index contributed by atoms with van der Waals surface area (Å²) in [5.74, 6) is 1.40. The van der Waals surface area contributed by atoms with Crippen molar-refractivity contribution in [3.63, 3.8) is 0 Å². The van der Waals surface area contributed by atoms with E-state index in [2.05, 4.69) is 27.2 Å². The Labute approximate surface area is 117 Å². The molecule has 0 aliphatic heterocycles. The van der Waals surface area contributed by atoms with Crippen LogP contribution in [0.3, 0.4) is 0 Å². The van der Waals surface area contributed by atoms with Crippen LogP contribution < -0.4 is 10.6 Å². The van der Waals surface area contributed by atoms with Crippen molar-refractivity contribution in [2.75, 3.05) is 17.2 Å². The van der Waals surface area contributed by atoms with E-state index in [1.54, 1.807) is 31.2 Å². The van der Waals surface area contributed by atoms with Gasteiger partial charge in [-0.15, -0.1) is 6.58 Å². The second-order valence-electron chi connectivity index (χ2n) is 4.22. The standard InChI is InChI=1S/C15H16N4O/c1-3-7-16-14-9-15(18-10-17-14)19-13-6-4-5-12(8-13)11(2)20/h3-6,8-10H,1,7H2,2H3,(H2,16,17,18,19). The highest BCUT2D eigenvalue weighted by molar-refractivity contribution is 5.95. The molecule has 0 radical (unpaired) electrons. The lowest BCUT2D eigenvalue weighted by Gasteiger charge is -2.08. The van der Waals surface area contributed by atoms with E-state index in [0.717, 1.165) is 5.69 Å². The number of rotatable bonds is 6. The molecule has 2 aromatic rings. The minimum absolute atomic E-state index is 0.0321. The molecule has 1 aromatic carbocycles. The first kappa shape index (κ1) is 13.7. The Hall–Kier alpha value is -2.69. The van der Waals surface area contributed by atoms with Crippen LogP contribution >= 0.6 is 0 Å². The number of ketones is 1. The summed E-state index contributed by atoms with van der Waals surface area (Å²) in [7, 11) is 0. The summed E-state index contributed by atoms with van der Waals surface area (Å²) >= 11 is 0. The van der Waals surface area contributed by atoms with Gasteiger partial charge in [-0.3, -0.25) is 4.79 Å². The predicted octanol–water partition coefficient (Wildman–Crippen LogP) is 3.02. The molecule has 102 valence electrons. The number of nitrogens with zero attached hydrogens (tertiary/aromatic N) is 2. The first-order valence-corrected chi connectivity index (χ1v) is 6.24. The zero-order valence-electron chi connectivity index (χ0n) is 11.3. The second kappa shape index (κ2) is 6.47. The van der Waals surface area contributed by atoms with Crippen LogP contribution in [0.2, 0.25) is 0 Å². The van der Waals surface area contributed by atoms with Crippen LogP contribution in [0.5, 0.6) is 0 Å². The first-order chi connectivity index (χ1) is 9.69. The fourth-order valence-electron chi connectivity index (χ4n) is 1.66. The van der Waals surface area contributed by atoms with Gasteiger partial charge in [0.05, 0.1) is 0 Å². The van der Waals surface area contributed by atoms with E-state index in [1.165, 1.54) is 6.33 Å². The molecule has 0 aliphatic rings. The molecule has 5 nitrogen and oxygen atoms in total. The van der Waals surface area contributed by atoms with Crippen LogP contribution in [0.4, 0.5) is 17.3 Å². The van der Waals surface area contributed by atoms with E-state index in [-0.39, 0.29) is 5.78 Å². The third kappa shape index (κ3) is 3.65. The second-order valence-corrected chi connectivity index (χ2v) is 4.22. The van der Waals surface area contributed by atoms with Crippen molar-refractivity contribution in [3.05, 3.63) is 54.9 Å². The third-order valence-corrected chi connectivity index (χ3v) is 2.64. The van der Waals surface area contributed by atoms with Gasteiger partial charge in [0, 0.05) is 23.9 Å². The lowest BCUT2D eigenvalue weighted by molar-refractivity contribution is 0.101. The van der Waals surface area contributed by atoms with Crippen molar-refractivity contribution in [1.82, 2.24) is 9.97 Å². The first-order valence-electron chi connectivity index (χ1n) is 6.24. The van der Waals surface area contributed by atoms with E-state index in [1.807, 2.05) is 12.1 Å². The molecule has 20 heavy (non-hydrogen) atoms. The normalized spacial score (nSPS) is 9.85. The summed E-state index contributed by atoms with van der Waals surface area (Å²) in [6, 6.07) is 9.08. The molecular weight excluding hydrogens is 252 g/mol. The number of hydrogen-bond acceptors (Lipinski definition) is 5. The molecule has 5 heteroatoms. The molecule has 0 bridgehead atoms. The van der Waals surface area contributed by atoms with E-state index in [9.17, 15) is 4.79 Å². The van der Waals surface area contributed by atoms with Crippen molar-refractivity contribution >= 4 is 23.1 Å². The van der Waals surface area contributed by atoms with Gasteiger partial charge in [-0.2, -0.15) is 0 Å². The van der Waals surface area contributed by atoms with Crippen LogP contribution in [-0.4, -0.2) is 22.3 Å². The highest BCUT2D eigenvalue weighted by Crippen LogP contribution is 2.17. The number of nitrogens with one attached hydrogen (secondary N) is 2. The molecular formula is C15H16N4O. The fraction of sp³-hybridized carbons (Fsp3) is 0.133. The van der Waals surface area contributed by atoms with Crippen LogP contribution in [0, 0.1) is 0 Å². The van der Waals surface area contributed by atoms with Crippen molar-refractivity contribution < 1.29 is 4.79 Å². The number of carbonyl (C=O) groups is 1. The Bertz CT molecular complexity index is 625. The Morgan fingerprint density at radius 2 is 2.10 bits per heavy atom. The van der Waals surface area contributed by atoms with Gasteiger partial charge >= 0.3 is 0 Å². The summed E-state index contributed by atoms with van der Waals surface area (Å²) < 4.78 is 0.